The maximum Gasteiger partial charge on any atom is 0.305 e. The van der Waals surface area contributed by atoms with Crippen LogP contribution >= 0.6 is 0 Å². The Labute approximate surface area is 172 Å². The Bertz CT molecular complexity index is 322. The Morgan fingerprint density at radius 2 is 1.18 bits per heavy atom. The molecule has 0 atom stereocenters. The molecule has 0 fully saturated rings. The lowest BCUT2D eigenvalue weighted by Crippen LogP contribution is -2.13. The molecule has 0 radical (unpaired) electrons. The van der Waals surface area contributed by atoms with Gasteiger partial charge in [0, 0.05) is 19.6 Å². The van der Waals surface area contributed by atoms with Gasteiger partial charge in [0.15, 0.2) is 0 Å². The summed E-state index contributed by atoms with van der Waals surface area (Å²) in [6.45, 7) is 11.9. The van der Waals surface area contributed by atoms with Crippen LogP contribution in [0.1, 0.15) is 72.1 Å². The molecule has 0 N–H and O–H groups in total. The van der Waals surface area contributed by atoms with Crippen LogP contribution in [0.2, 0.25) is 0 Å². The van der Waals surface area contributed by atoms with E-state index in [1.807, 2.05) is 0 Å². The summed E-state index contributed by atoms with van der Waals surface area (Å²) in [7, 11) is 0. The Hall–Kier alpha value is -0.690. The molecule has 168 valence electrons. The highest BCUT2D eigenvalue weighted by molar-refractivity contribution is 5.69. The number of rotatable bonds is 22. The first-order valence-corrected chi connectivity index (χ1v) is 11.1. The predicted molar refractivity (Wildman–Crippen MR) is 112 cm³/mol. The molecule has 6 nitrogen and oxygen atoms in total. The van der Waals surface area contributed by atoms with Crippen LogP contribution in [0, 0.1) is 5.92 Å². The van der Waals surface area contributed by atoms with Gasteiger partial charge >= 0.3 is 5.97 Å². The van der Waals surface area contributed by atoms with E-state index in [1.54, 1.807) is 0 Å². The van der Waals surface area contributed by atoms with Gasteiger partial charge in [0.25, 0.3) is 0 Å². The van der Waals surface area contributed by atoms with Gasteiger partial charge < -0.3 is 23.7 Å². The third kappa shape index (κ3) is 23.3. The average molecular weight is 405 g/mol. The molecular formula is C22H44O6. The fourth-order valence-electron chi connectivity index (χ4n) is 2.36. The van der Waals surface area contributed by atoms with Crippen LogP contribution in [0.3, 0.4) is 0 Å². The fourth-order valence-corrected chi connectivity index (χ4v) is 2.36. The highest BCUT2D eigenvalue weighted by Gasteiger charge is 2.02. The van der Waals surface area contributed by atoms with E-state index in [-0.39, 0.29) is 5.97 Å². The van der Waals surface area contributed by atoms with E-state index in [2.05, 4.69) is 20.8 Å². The second kappa shape index (κ2) is 22.6. The second-order valence-electron chi connectivity index (χ2n) is 7.37. The van der Waals surface area contributed by atoms with Crippen molar-refractivity contribution in [3.05, 3.63) is 0 Å². The van der Waals surface area contributed by atoms with Crippen LogP contribution in [0.25, 0.3) is 0 Å². The molecule has 0 aromatic carbocycles. The summed E-state index contributed by atoms with van der Waals surface area (Å²) in [5.41, 5.74) is 0. The number of ether oxygens (including phenoxy) is 5. The van der Waals surface area contributed by atoms with Crippen molar-refractivity contribution < 1.29 is 28.5 Å². The van der Waals surface area contributed by atoms with Crippen molar-refractivity contribution in [2.45, 2.75) is 72.1 Å². The zero-order valence-corrected chi connectivity index (χ0v) is 18.5. The lowest BCUT2D eigenvalue weighted by Gasteiger charge is -2.08. The lowest BCUT2D eigenvalue weighted by molar-refractivity contribution is -0.144. The molecule has 0 saturated carbocycles. The average Bonchev–Trinajstić information content (AvgIpc) is 2.67. The van der Waals surface area contributed by atoms with Gasteiger partial charge in [-0.3, -0.25) is 4.79 Å². The zero-order chi connectivity index (χ0) is 20.7. The van der Waals surface area contributed by atoms with Gasteiger partial charge in [0.05, 0.1) is 46.2 Å². The van der Waals surface area contributed by atoms with Gasteiger partial charge in [-0.1, -0.05) is 46.5 Å². The molecule has 0 aliphatic rings. The van der Waals surface area contributed by atoms with Crippen LogP contribution in [-0.2, 0) is 28.5 Å². The first-order chi connectivity index (χ1) is 13.7. The molecule has 0 aliphatic heterocycles. The van der Waals surface area contributed by atoms with Crippen molar-refractivity contribution in [2.24, 2.45) is 5.92 Å². The minimum absolute atomic E-state index is 0.124. The topological polar surface area (TPSA) is 63.2 Å². The normalized spacial score (nSPS) is 11.3. The largest absolute Gasteiger partial charge is 0.466 e. The van der Waals surface area contributed by atoms with Gasteiger partial charge in [-0.25, -0.2) is 0 Å². The Morgan fingerprint density at radius 3 is 1.75 bits per heavy atom. The molecule has 0 spiro atoms. The van der Waals surface area contributed by atoms with Gasteiger partial charge in [0.1, 0.15) is 0 Å². The summed E-state index contributed by atoms with van der Waals surface area (Å²) < 4.78 is 27.0. The number of esters is 1. The van der Waals surface area contributed by atoms with Crippen LogP contribution in [0.4, 0.5) is 0 Å². The highest BCUT2D eigenvalue weighted by atomic mass is 16.6. The molecule has 0 aliphatic carbocycles. The molecular weight excluding hydrogens is 360 g/mol. The predicted octanol–water partition coefficient (Wildman–Crippen LogP) is 4.39. The molecule has 0 saturated heterocycles. The molecule has 28 heavy (non-hydrogen) atoms. The van der Waals surface area contributed by atoms with E-state index in [9.17, 15) is 4.79 Å². The van der Waals surface area contributed by atoms with Gasteiger partial charge in [-0.15, -0.1) is 0 Å². The summed E-state index contributed by atoms with van der Waals surface area (Å²) in [6, 6.07) is 0. The van der Waals surface area contributed by atoms with E-state index in [4.69, 9.17) is 23.7 Å². The smallest absolute Gasteiger partial charge is 0.305 e. The van der Waals surface area contributed by atoms with E-state index in [1.165, 1.54) is 19.3 Å². The minimum Gasteiger partial charge on any atom is -0.466 e. The highest BCUT2D eigenvalue weighted by Crippen LogP contribution is 2.03. The number of hydrogen-bond donors (Lipinski definition) is 0. The van der Waals surface area contributed by atoms with Crippen LogP contribution in [-0.4, -0.2) is 65.4 Å². The first kappa shape index (κ1) is 27.3. The molecule has 6 heteroatoms. The van der Waals surface area contributed by atoms with E-state index < -0.39 is 0 Å². The molecule has 0 amide bonds. The maximum atomic E-state index is 11.6. The van der Waals surface area contributed by atoms with Crippen molar-refractivity contribution in [3.63, 3.8) is 0 Å². The number of carbonyl (C=O) groups excluding carboxylic acids is 1. The second-order valence-corrected chi connectivity index (χ2v) is 7.37. The Morgan fingerprint density at radius 1 is 0.643 bits per heavy atom. The van der Waals surface area contributed by atoms with Gasteiger partial charge in [-0.05, 0) is 25.2 Å². The molecule has 0 aromatic heterocycles. The minimum atomic E-state index is -0.124. The van der Waals surface area contributed by atoms with Crippen molar-refractivity contribution in [1.29, 1.82) is 0 Å². The summed E-state index contributed by atoms with van der Waals surface area (Å²) >= 11 is 0. The molecule has 0 rings (SSSR count). The van der Waals surface area contributed by atoms with Gasteiger partial charge in [-0.2, -0.15) is 0 Å². The monoisotopic (exact) mass is 404 g/mol. The lowest BCUT2D eigenvalue weighted by atomic mass is 10.1. The van der Waals surface area contributed by atoms with E-state index in [0.29, 0.717) is 71.6 Å². The van der Waals surface area contributed by atoms with Crippen molar-refractivity contribution in [3.8, 4) is 0 Å². The number of unbranched alkanes of at least 4 members (excludes halogenated alkanes) is 4. The molecule has 0 heterocycles. The van der Waals surface area contributed by atoms with Crippen LogP contribution < -0.4 is 0 Å². The quantitative estimate of drug-likeness (QED) is 0.197. The number of hydrogen-bond acceptors (Lipinski definition) is 6. The number of carbonyl (C=O) groups is 1. The van der Waals surface area contributed by atoms with E-state index >= 15 is 0 Å². The standard InChI is InChI=1S/C22H44O6/c1-4-5-6-7-8-13-28-22(23)10-9-12-24-15-17-26-19-20-27-18-16-25-14-11-21(2)3/h21H,4-20H2,1-3H3. The Kier molecular flexibility index (Phi) is 22.0. The first-order valence-electron chi connectivity index (χ1n) is 11.1. The SMILES string of the molecule is CCCCCCCOC(=O)CCCOCCOCCOCCOCCC(C)C. The molecule has 0 bridgehead atoms. The summed E-state index contributed by atoms with van der Waals surface area (Å²) in [4.78, 5) is 11.6. The third-order valence-corrected chi connectivity index (χ3v) is 4.14. The molecule has 0 unspecified atom stereocenters. The summed E-state index contributed by atoms with van der Waals surface area (Å²) in [6.07, 6.45) is 8.02. The van der Waals surface area contributed by atoms with Crippen LogP contribution in [0.5, 0.6) is 0 Å². The fraction of sp³-hybridized carbons (Fsp3) is 0.955. The maximum absolute atomic E-state index is 11.6. The van der Waals surface area contributed by atoms with Crippen molar-refractivity contribution in [2.75, 3.05) is 59.5 Å². The molecule has 0 aromatic rings. The Balaban J connectivity index is 3.12. The summed E-state index contributed by atoms with van der Waals surface area (Å²) in [5, 5.41) is 0. The van der Waals surface area contributed by atoms with Crippen LogP contribution in [0.15, 0.2) is 0 Å². The summed E-state index contributed by atoms with van der Waals surface area (Å²) in [5.74, 6) is 0.552. The third-order valence-electron chi connectivity index (χ3n) is 4.14. The van der Waals surface area contributed by atoms with Crippen molar-refractivity contribution in [1.82, 2.24) is 0 Å². The van der Waals surface area contributed by atoms with Crippen molar-refractivity contribution >= 4 is 5.97 Å². The zero-order valence-electron chi connectivity index (χ0n) is 18.5. The van der Waals surface area contributed by atoms with Gasteiger partial charge in [0.2, 0.25) is 0 Å². The van der Waals surface area contributed by atoms with E-state index in [0.717, 1.165) is 25.9 Å².